The average Bonchev–Trinajstić information content (AvgIpc) is 2.77. The number of nitrogens with one attached hydrogen (secondary N) is 1. The fourth-order valence-corrected chi connectivity index (χ4v) is 4.30. The third-order valence-electron chi connectivity index (χ3n) is 5.93. The van der Waals surface area contributed by atoms with Gasteiger partial charge in [-0.3, -0.25) is 9.69 Å². The quantitative estimate of drug-likeness (QED) is 0.671. The van der Waals surface area contributed by atoms with E-state index >= 15 is 0 Å². The lowest BCUT2D eigenvalue weighted by Crippen LogP contribution is -2.31. The standard InChI is InChI=1S/C24H30N2O4/c1-28-22-9-6-18-16-26(13-11-20(18)24(22)29-2)12-3-4-14-30-19-8-5-17-7-10-23(27)25-21(17)15-19/h5-6,8-9,15H,3-4,7,10-14,16H2,1-2H3,(H,25,27). The van der Waals surface area contributed by atoms with Crippen molar-refractivity contribution >= 4 is 11.6 Å². The number of rotatable bonds is 8. The first-order valence-electron chi connectivity index (χ1n) is 10.7. The van der Waals surface area contributed by atoms with E-state index in [9.17, 15) is 4.79 Å². The summed E-state index contributed by atoms with van der Waals surface area (Å²) in [6.07, 6.45) is 4.43. The van der Waals surface area contributed by atoms with E-state index in [0.29, 0.717) is 13.0 Å². The van der Waals surface area contributed by atoms with Crippen LogP contribution in [0.15, 0.2) is 30.3 Å². The number of hydrogen-bond donors (Lipinski definition) is 1. The van der Waals surface area contributed by atoms with E-state index in [1.807, 2.05) is 18.2 Å². The van der Waals surface area contributed by atoms with Crippen LogP contribution < -0.4 is 19.5 Å². The molecule has 1 amide bonds. The Morgan fingerprint density at radius 1 is 1.00 bits per heavy atom. The Balaban J connectivity index is 1.22. The van der Waals surface area contributed by atoms with E-state index in [1.165, 1.54) is 16.7 Å². The summed E-state index contributed by atoms with van der Waals surface area (Å²) in [6, 6.07) is 10.1. The van der Waals surface area contributed by atoms with Crippen LogP contribution in [0.4, 0.5) is 5.69 Å². The molecule has 4 rings (SSSR count). The maximum atomic E-state index is 11.6. The molecular weight excluding hydrogens is 380 g/mol. The summed E-state index contributed by atoms with van der Waals surface area (Å²) in [6.45, 7) is 3.71. The zero-order valence-corrected chi connectivity index (χ0v) is 17.8. The number of anilines is 1. The predicted octanol–water partition coefficient (Wildman–Crippen LogP) is 3.81. The van der Waals surface area contributed by atoms with Crippen molar-refractivity contribution in [3.63, 3.8) is 0 Å². The number of carbonyl (C=O) groups excluding carboxylic acids is 1. The molecule has 2 aromatic rings. The molecule has 0 saturated heterocycles. The van der Waals surface area contributed by atoms with Crippen LogP contribution in [-0.4, -0.2) is 44.7 Å². The van der Waals surface area contributed by atoms with Crippen LogP contribution >= 0.6 is 0 Å². The van der Waals surface area contributed by atoms with Gasteiger partial charge in [0.25, 0.3) is 0 Å². The molecule has 1 N–H and O–H groups in total. The minimum atomic E-state index is 0.0822. The van der Waals surface area contributed by atoms with Crippen LogP contribution in [0.25, 0.3) is 0 Å². The first kappa shape index (κ1) is 20.5. The van der Waals surface area contributed by atoms with Crippen LogP contribution in [0.3, 0.4) is 0 Å². The van der Waals surface area contributed by atoms with E-state index < -0.39 is 0 Å². The van der Waals surface area contributed by atoms with Crippen molar-refractivity contribution in [2.24, 2.45) is 0 Å². The van der Waals surface area contributed by atoms with Gasteiger partial charge in [-0.05, 0) is 55.5 Å². The molecule has 6 nitrogen and oxygen atoms in total. The number of aryl methyl sites for hydroxylation is 1. The first-order valence-corrected chi connectivity index (χ1v) is 10.7. The first-order chi connectivity index (χ1) is 14.7. The summed E-state index contributed by atoms with van der Waals surface area (Å²) < 4.78 is 16.9. The van der Waals surface area contributed by atoms with Crippen LogP contribution in [0, 0.1) is 0 Å². The highest BCUT2D eigenvalue weighted by Crippen LogP contribution is 2.36. The van der Waals surface area contributed by atoms with Gasteiger partial charge < -0.3 is 19.5 Å². The molecule has 0 atom stereocenters. The Hall–Kier alpha value is -2.73. The highest BCUT2D eigenvalue weighted by Gasteiger charge is 2.21. The molecule has 2 aliphatic rings. The van der Waals surface area contributed by atoms with Crippen LogP contribution in [0.1, 0.15) is 36.0 Å². The molecule has 30 heavy (non-hydrogen) atoms. The third kappa shape index (κ3) is 4.54. The zero-order chi connectivity index (χ0) is 20.9. The Kier molecular flexibility index (Phi) is 6.43. The molecule has 2 heterocycles. The Morgan fingerprint density at radius 3 is 2.70 bits per heavy atom. The second-order valence-corrected chi connectivity index (χ2v) is 7.89. The largest absolute Gasteiger partial charge is 0.494 e. The molecule has 0 fully saturated rings. The van der Waals surface area contributed by atoms with Crippen LogP contribution in [0.2, 0.25) is 0 Å². The summed E-state index contributed by atoms with van der Waals surface area (Å²) in [5.74, 6) is 2.59. The highest BCUT2D eigenvalue weighted by molar-refractivity contribution is 5.94. The third-order valence-corrected chi connectivity index (χ3v) is 5.93. The van der Waals surface area contributed by atoms with E-state index in [4.69, 9.17) is 14.2 Å². The minimum Gasteiger partial charge on any atom is -0.494 e. The number of fused-ring (bicyclic) bond motifs is 2. The van der Waals surface area contributed by atoms with Crippen molar-refractivity contribution in [1.29, 1.82) is 0 Å². The summed E-state index contributed by atoms with van der Waals surface area (Å²) in [7, 11) is 3.39. The van der Waals surface area contributed by atoms with Crippen LogP contribution in [0.5, 0.6) is 17.2 Å². The topological polar surface area (TPSA) is 60.0 Å². The van der Waals surface area contributed by atoms with Crippen molar-refractivity contribution in [2.75, 3.05) is 39.2 Å². The van der Waals surface area contributed by atoms with Crippen molar-refractivity contribution < 1.29 is 19.0 Å². The second kappa shape index (κ2) is 9.39. The molecule has 0 aliphatic carbocycles. The molecule has 0 radical (unpaired) electrons. The van der Waals surface area contributed by atoms with Gasteiger partial charge in [0.05, 0.1) is 20.8 Å². The molecule has 160 valence electrons. The fourth-order valence-electron chi connectivity index (χ4n) is 4.30. The average molecular weight is 411 g/mol. The number of hydrogen-bond acceptors (Lipinski definition) is 5. The Morgan fingerprint density at radius 2 is 1.87 bits per heavy atom. The second-order valence-electron chi connectivity index (χ2n) is 7.89. The van der Waals surface area contributed by atoms with Gasteiger partial charge in [-0.1, -0.05) is 12.1 Å². The lowest BCUT2D eigenvalue weighted by molar-refractivity contribution is -0.116. The van der Waals surface area contributed by atoms with Crippen molar-refractivity contribution in [2.45, 2.75) is 38.6 Å². The van der Waals surface area contributed by atoms with Crippen molar-refractivity contribution in [3.05, 3.63) is 47.0 Å². The van der Waals surface area contributed by atoms with Gasteiger partial charge >= 0.3 is 0 Å². The summed E-state index contributed by atoms with van der Waals surface area (Å²) in [4.78, 5) is 14.1. The van der Waals surface area contributed by atoms with Gasteiger partial charge in [-0.15, -0.1) is 0 Å². The maximum absolute atomic E-state index is 11.6. The number of benzene rings is 2. The number of amides is 1. The lowest BCUT2D eigenvalue weighted by Gasteiger charge is -2.30. The predicted molar refractivity (Wildman–Crippen MR) is 117 cm³/mol. The summed E-state index contributed by atoms with van der Waals surface area (Å²) in [5, 5.41) is 2.93. The van der Waals surface area contributed by atoms with Gasteiger partial charge in [-0.25, -0.2) is 0 Å². The van der Waals surface area contributed by atoms with Gasteiger partial charge in [0.15, 0.2) is 11.5 Å². The molecule has 0 aromatic heterocycles. The smallest absolute Gasteiger partial charge is 0.224 e. The van der Waals surface area contributed by atoms with Gasteiger partial charge in [0.2, 0.25) is 5.91 Å². The monoisotopic (exact) mass is 410 g/mol. The number of methoxy groups -OCH3 is 2. The molecule has 0 unspecified atom stereocenters. The van der Waals surface area contributed by atoms with Gasteiger partial charge in [0.1, 0.15) is 5.75 Å². The highest BCUT2D eigenvalue weighted by atomic mass is 16.5. The molecule has 0 bridgehead atoms. The number of ether oxygens (including phenoxy) is 3. The number of unbranched alkanes of at least 4 members (excludes halogenated alkanes) is 1. The zero-order valence-electron chi connectivity index (χ0n) is 17.8. The van der Waals surface area contributed by atoms with E-state index in [-0.39, 0.29) is 5.91 Å². The van der Waals surface area contributed by atoms with E-state index in [1.54, 1.807) is 14.2 Å². The molecule has 2 aromatic carbocycles. The van der Waals surface area contributed by atoms with Crippen molar-refractivity contribution in [1.82, 2.24) is 4.90 Å². The van der Waals surface area contributed by atoms with Gasteiger partial charge in [-0.2, -0.15) is 0 Å². The molecule has 6 heteroatoms. The lowest BCUT2D eigenvalue weighted by atomic mass is 9.98. The van der Waals surface area contributed by atoms with Crippen LogP contribution in [-0.2, 0) is 24.2 Å². The molecule has 0 saturated carbocycles. The Labute approximate surface area is 178 Å². The SMILES string of the molecule is COc1ccc2c(c1OC)CCN(CCCCOc1ccc3c(c1)NC(=O)CC3)C2. The van der Waals surface area contributed by atoms with E-state index in [0.717, 1.165) is 68.3 Å². The fraction of sp³-hybridized carbons (Fsp3) is 0.458. The molecular formula is C24H30N2O4. The maximum Gasteiger partial charge on any atom is 0.224 e. The number of nitrogens with zero attached hydrogens (tertiary/aromatic N) is 1. The summed E-state index contributed by atoms with van der Waals surface area (Å²) in [5.41, 5.74) is 4.67. The summed E-state index contributed by atoms with van der Waals surface area (Å²) >= 11 is 0. The van der Waals surface area contributed by atoms with Crippen molar-refractivity contribution in [3.8, 4) is 17.2 Å². The number of carbonyl (C=O) groups is 1. The minimum absolute atomic E-state index is 0.0822. The molecule has 0 spiro atoms. The van der Waals surface area contributed by atoms with Gasteiger partial charge in [0, 0.05) is 36.8 Å². The Bertz CT molecular complexity index is 912. The molecule has 2 aliphatic heterocycles. The van der Waals surface area contributed by atoms with E-state index in [2.05, 4.69) is 22.3 Å². The normalized spacial score (nSPS) is 15.7.